The van der Waals surface area contributed by atoms with Crippen LogP contribution in [0.2, 0.25) is 0 Å². The number of nitrogens with one attached hydrogen (secondary N) is 1. The van der Waals surface area contributed by atoms with Crippen molar-refractivity contribution in [3.05, 3.63) is 35.5 Å². The first kappa shape index (κ1) is 11.7. The van der Waals surface area contributed by atoms with Gasteiger partial charge in [0.1, 0.15) is 11.6 Å². The third kappa shape index (κ3) is 2.34. The molecule has 0 fully saturated rings. The maximum absolute atomic E-state index is 4.33. The molecule has 5 nitrogen and oxygen atoms in total. The Morgan fingerprint density at radius 3 is 2.71 bits per heavy atom. The smallest absolute Gasteiger partial charge is 0.155 e. The Labute approximate surface area is 101 Å². The number of nitrogens with zero attached hydrogens (tertiary/aromatic N) is 4. The van der Waals surface area contributed by atoms with Crippen LogP contribution in [0.4, 0.5) is 0 Å². The molecule has 0 aliphatic rings. The highest BCUT2D eigenvalue weighted by atomic mass is 15.4. The van der Waals surface area contributed by atoms with Gasteiger partial charge in [-0.3, -0.25) is 0 Å². The number of pyridine rings is 1. The van der Waals surface area contributed by atoms with Gasteiger partial charge in [-0.1, -0.05) is 0 Å². The zero-order chi connectivity index (χ0) is 12.4. The SMILES string of the molecule is CNC(C)c1ccnc(-n2nc(C)nc2C)c1. The molecule has 1 unspecified atom stereocenters. The molecule has 0 bridgehead atoms. The monoisotopic (exact) mass is 231 g/mol. The fourth-order valence-electron chi connectivity index (χ4n) is 1.72. The van der Waals surface area contributed by atoms with Gasteiger partial charge in [0.25, 0.3) is 0 Å². The topological polar surface area (TPSA) is 55.6 Å². The summed E-state index contributed by atoms with van der Waals surface area (Å²) in [6.07, 6.45) is 1.80. The molecule has 0 saturated carbocycles. The van der Waals surface area contributed by atoms with Gasteiger partial charge in [-0.05, 0) is 45.5 Å². The predicted octanol–water partition coefficient (Wildman–Crippen LogP) is 1.56. The van der Waals surface area contributed by atoms with Crippen LogP contribution in [-0.2, 0) is 0 Å². The van der Waals surface area contributed by atoms with Crippen LogP contribution < -0.4 is 5.32 Å². The van der Waals surface area contributed by atoms with E-state index in [9.17, 15) is 0 Å². The van der Waals surface area contributed by atoms with Crippen LogP contribution in [0.15, 0.2) is 18.3 Å². The summed E-state index contributed by atoms with van der Waals surface area (Å²) in [7, 11) is 1.94. The average Bonchev–Trinajstić information content (AvgIpc) is 2.67. The summed E-state index contributed by atoms with van der Waals surface area (Å²) in [5.41, 5.74) is 1.19. The first-order chi connectivity index (χ1) is 8.11. The average molecular weight is 231 g/mol. The van der Waals surface area contributed by atoms with Crippen molar-refractivity contribution in [3.63, 3.8) is 0 Å². The van der Waals surface area contributed by atoms with Gasteiger partial charge in [-0.25, -0.2) is 9.97 Å². The van der Waals surface area contributed by atoms with E-state index in [1.54, 1.807) is 10.9 Å². The van der Waals surface area contributed by atoms with Crippen LogP contribution in [0.5, 0.6) is 0 Å². The van der Waals surface area contributed by atoms with E-state index in [-0.39, 0.29) is 0 Å². The van der Waals surface area contributed by atoms with E-state index in [1.807, 2.05) is 33.0 Å². The van der Waals surface area contributed by atoms with E-state index < -0.39 is 0 Å². The minimum Gasteiger partial charge on any atom is -0.313 e. The summed E-state index contributed by atoms with van der Waals surface area (Å²) in [4.78, 5) is 8.61. The number of aromatic nitrogens is 4. The van der Waals surface area contributed by atoms with Gasteiger partial charge < -0.3 is 5.32 Å². The molecule has 5 heteroatoms. The molecule has 0 aliphatic carbocycles. The van der Waals surface area contributed by atoms with E-state index >= 15 is 0 Å². The van der Waals surface area contributed by atoms with Crippen molar-refractivity contribution in [3.8, 4) is 5.82 Å². The number of hydrogen-bond donors (Lipinski definition) is 1. The Morgan fingerprint density at radius 1 is 1.35 bits per heavy atom. The van der Waals surface area contributed by atoms with Crippen LogP contribution >= 0.6 is 0 Å². The van der Waals surface area contributed by atoms with Crippen molar-refractivity contribution < 1.29 is 0 Å². The molecule has 0 saturated heterocycles. The minimum atomic E-state index is 0.293. The third-order valence-electron chi connectivity index (χ3n) is 2.79. The summed E-state index contributed by atoms with van der Waals surface area (Å²) in [6, 6.07) is 4.33. The molecule has 0 amide bonds. The van der Waals surface area contributed by atoms with Crippen molar-refractivity contribution in [2.45, 2.75) is 26.8 Å². The minimum absolute atomic E-state index is 0.293. The van der Waals surface area contributed by atoms with Crippen LogP contribution in [0.3, 0.4) is 0 Å². The second kappa shape index (κ2) is 4.63. The number of rotatable bonds is 3. The predicted molar refractivity (Wildman–Crippen MR) is 66.1 cm³/mol. The standard InChI is InChI=1S/C12H17N5/c1-8(13-4)11-5-6-14-12(7-11)17-10(3)15-9(2)16-17/h5-8,13H,1-4H3. The molecule has 0 radical (unpaired) electrons. The van der Waals surface area contributed by atoms with Gasteiger partial charge in [0.2, 0.25) is 0 Å². The lowest BCUT2D eigenvalue weighted by molar-refractivity contribution is 0.649. The third-order valence-corrected chi connectivity index (χ3v) is 2.79. The summed E-state index contributed by atoms with van der Waals surface area (Å²) >= 11 is 0. The first-order valence-electron chi connectivity index (χ1n) is 5.65. The van der Waals surface area contributed by atoms with Gasteiger partial charge in [0.15, 0.2) is 5.82 Å². The lowest BCUT2D eigenvalue weighted by Crippen LogP contribution is -2.13. The quantitative estimate of drug-likeness (QED) is 0.871. The second-order valence-electron chi connectivity index (χ2n) is 4.08. The lowest BCUT2D eigenvalue weighted by Gasteiger charge is -2.11. The molecule has 2 rings (SSSR count). The van der Waals surface area contributed by atoms with Gasteiger partial charge in [0, 0.05) is 12.2 Å². The van der Waals surface area contributed by atoms with E-state index in [1.165, 1.54) is 5.56 Å². The van der Waals surface area contributed by atoms with Gasteiger partial charge in [-0.15, -0.1) is 5.10 Å². The summed E-state index contributed by atoms with van der Waals surface area (Å²) < 4.78 is 1.77. The second-order valence-corrected chi connectivity index (χ2v) is 4.08. The van der Waals surface area contributed by atoms with Crippen molar-refractivity contribution in [1.82, 2.24) is 25.1 Å². The maximum atomic E-state index is 4.33. The molecule has 0 aliphatic heterocycles. The molecule has 0 aromatic carbocycles. The summed E-state index contributed by atoms with van der Waals surface area (Å²) in [6.45, 7) is 5.91. The first-order valence-corrected chi connectivity index (χ1v) is 5.65. The molecular weight excluding hydrogens is 214 g/mol. The molecule has 2 heterocycles. The highest BCUT2D eigenvalue weighted by molar-refractivity contribution is 5.29. The van der Waals surface area contributed by atoms with Crippen molar-refractivity contribution in [1.29, 1.82) is 0 Å². The summed E-state index contributed by atoms with van der Waals surface area (Å²) in [5.74, 6) is 2.42. The molecule has 0 spiro atoms. The van der Waals surface area contributed by atoms with Crippen LogP contribution in [0.1, 0.15) is 30.2 Å². The van der Waals surface area contributed by atoms with Crippen molar-refractivity contribution in [2.24, 2.45) is 0 Å². The zero-order valence-electron chi connectivity index (χ0n) is 10.6. The Balaban J connectivity index is 2.43. The maximum Gasteiger partial charge on any atom is 0.155 e. The van der Waals surface area contributed by atoms with Crippen LogP contribution in [0.25, 0.3) is 5.82 Å². The van der Waals surface area contributed by atoms with E-state index in [0.29, 0.717) is 6.04 Å². The zero-order valence-corrected chi connectivity index (χ0v) is 10.6. The highest BCUT2D eigenvalue weighted by Gasteiger charge is 2.09. The molecule has 1 N–H and O–H groups in total. The molecule has 90 valence electrons. The van der Waals surface area contributed by atoms with E-state index in [0.717, 1.165) is 17.5 Å². The molecule has 2 aromatic rings. The largest absolute Gasteiger partial charge is 0.313 e. The Morgan fingerprint density at radius 2 is 2.12 bits per heavy atom. The summed E-state index contributed by atoms with van der Waals surface area (Å²) in [5, 5.41) is 7.54. The van der Waals surface area contributed by atoms with Gasteiger partial charge in [0.05, 0.1) is 0 Å². The van der Waals surface area contributed by atoms with Crippen LogP contribution in [0, 0.1) is 13.8 Å². The Bertz CT molecular complexity index is 517. The van der Waals surface area contributed by atoms with Crippen molar-refractivity contribution in [2.75, 3.05) is 7.05 Å². The molecule has 2 aromatic heterocycles. The Kier molecular flexibility index (Phi) is 3.19. The van der Waals surface area contributed by atoms with Crippen LogP contribution in [-0.4, -0.2) is 26.8 Å². The Hall–Kier alpha value is -1.75. The molecule has 17 heavy (non-hydrogen) atoms. The fraction of sp³-hybridized carbons (Fsp3) is 0.417. The lowest BCUT2D eigenvalue weighted by atomic mass is 10.1. The van der Waals surface area contributed by atoms with E-state index in [2.05, 4.69) is 27.3 Å². The van der Waals surface area contributed by atoms with Crippen molar-refractivity contribution >= 4 is 0 Å². The number of aryl methyl sites for hydroxylation is 2. The van der Waals surface area contributed by atoms with Gasteiger partial charge in [-0.2, -0.15) is 4.68 Å². The van der Waals surface area contributed by atoms with E-state index in [4.69, 9.17) is 0 Å². The highest BCUT2D eigenvalue weighted by Crippen LogP contribution is 2.14. The molecule has 1 atom stereocenters. The van der Waals surface area contributed by atoms with Gasteiger partial charge >= 0.3 is 0 Å². The molecular formula is C12H17N5. The number of hydrogen-bond acceptors (Lipinski definition) is 4. The normalized spacial score (nSPS) is 12.7. The fourth-order valence-corrected chi connectivity index (χ4v) is 1.72.